The van der Waals surface area contributed by atoms with Gasteiger partial charge in [-0.15, -0.1) is 0 Å². The third-order valence-electron chi connectivity index (χ3n) is 7.43. The molecular weight excluding hydrogens is 582 g/mol. The minimum absolute atomic E-state index is 0.0915. The Balaban J connectivity index is 2.09. The third kappa shape index (κ3) is 8.22. The Kier molecular flexibility index (Phi) is 12.0. The zero-order valence-corrected chi connectivity index (χ0v) is 27.3. The van der Waals surface area contributed by atoms with Gasteiger partial charge in [-0.2, -0.15) is 0 Å². The van der Waals surface area contributed by atoms with E-state index in [1.165, 1.54) is 37.3 Å². The molecule has 0 saturated carbocycles. The quantitative estimate of drug-likeness (QED) is 0.255. The molecule has 0 bridgehead atoms. The number of nitrogens with zero attached hydrogens (tertiary/aromatic N) is 2. The summed E-state index contributed by atoms with van der Waals surface area (Å²) in [7, 11) is -1.44. The number of rotatable bonds is 15. The highest BCUT2D eigenvalue weighted by Gasteiger charge is 2.33. The summed E-state index contributed by atoms with van der Waals surface area (Å²) in [5.41, 5.74) is 2.05. The van der Waals surface area contributed by atoms with E-state index >= 15 is 0 Å². The van der Waals surface area contributed by atoms with Crippen molar-refractivity contribution in [2.75, 3.05) is 31.7 Å². The number of nitrogens with one attached hydrogen (secondary N) is 1. The van der Waals surface area contributed by atoms with Crippen LogP contribution < -0.4 is 23.8 Å². The molecule has 0 radical (unpaired) electrons. The van der Waals surface area contributed by atoms with Crippen LogP contribution in [0.25, 0.3) is 0 Å². The van der Waals surface area contributed by atoms with E-state index in [2.05, 4.69) is 5.32 Å². The molecule has 0 unspecified atom stereocenters. The molecule has 11 heteroatoms. The van der Waals surface area contributed by atoms with Gasteiger partial charge in [0, 0.05) is 18.7 Å². The zero-order chi connectivity index (χ0) is 32.4. The van der Waals surface area contributed by atoms with E-state index in [-0.39, 0.29) is 34.8 Å². The summed E-state index contributed by atoms with van der Waals surface area (Å²) in [6.45, 7) is 9.28. The maximum atomic E-state index is 14.2. The Bertz CT molecular complexity index is 1530. The maximum absolute atomic E-state index is 14.2. The van der Waals surface area contributed by atoms with E-state index in [9.17, 15) is 18.0 Å². The largest absolute Gasteiger partial charge is 0.494 e. The van der Waals surface area contributed by atoms with Gasteiger partial charge in [0.25, 0.3) is 10.0 Å². The van der Waals surface area contributed by atoms with Crippen molar-refractivity contribution in [2.45, 2.75) is 64.6 Å². The average molecular weight is 626 g/mol. The Hall–Kier alpha value is -4.25. The van der Waals surface area contributed by atoms with Crippen LogP contribution >= 0.6 is 0 Å². The van der Waals surface area contributed by atoms with Crippen molar-refractivity contribution in [2.24, 2.45) is 0 Å². The van der Waals surface area contributed by atoms with Gasteiger partial charge in [-0.1, -0.05) is 31.2 Å². The number of carbonyl (C=O) groups excluding carboxylic acids is 2. The SMILES string of the molecule is CCOc1ccc(N(CC(=O)N(Cc2ccccc2C)[C@H](C)C(=O)N[C@H](C)CC)S(=O)(=O)c2ccc(OC)c(OC)c2)cc1. The maximum Gasteiger partial charge on any atom is 0.264 e. The highest BCUT2D eigenvalue weighted by Crippen LogP contribution is 2.33. The van der Waals surface area contributed by atoms with Gasteiger partial charge in [0.05, 0.1) is 31.4 Å². The van der Waals surface area contributed by atoms with E-state index in [4.69, 9.17) is 14.2 Å². The van der Waals surface area contributed by atoms with Gasteiger partial charge < -0.3 is 24.4 Å². The number of sulfonamides is 1. The lowest BCUT2D eigenvalue weighted by atomic mass is 10.1. The monoisotopic (exact) mass is 625 g/mol. The Morgan fingerprint density at radius 3 is 2.16 bits per heavy atom. The average Bonchev–Trinajstić information content (AvgIpc) is 3.02. The standard InChI is InChI=1S/C33H43N3O7S/c1-8-24(4)34-33(38)25(5)35(21-26-13-11-10-12-23(26)3)32(37)22-36(27-14-16-28(17-15-27)43-9-2)44(39,40)29-18-19-30(41-6)31(20-29)42-7/h10-20,24-25H,8-9,21-22H2,1-7H3,(H,34,38)/t24-,25-/m1/s1. The second-order valence-electron chi connectivity index (χ2n) is 10.4. The molecule has 1 N–H and O–H groups in total. The Morgan fingerprint density at radius 1 is 0.909 bits per heavy atom. The van der Waals surface area contributed by atoms with Gasteiger partial charge in [-0.05, 0) is 81.6 Å². The zero-order valence-electron chi connectivity index (χ0n) is 26.5. The number of anilines is 1. The summed E-state index contributed by atoms with van der Waals surface area (Å²) >= 11 is 0. The van der Waals surface area contributed by atoms with Gasteiger partial charge in [-0.3, -0.25) is 13.9 Å². The summed E-state index contributed by atoms with van der Waals surface area (Å²) in [6, 6.07) is 17.3. The van der Waals surface area contributed by atoms with Gasteiger partial charge in [0.2, 0.25) is 11.8 Å². The second kappa shape index (κ2) is 15.5. The number of carbonyl (C=O) groups is 2. The molecular formula is C33H43N3O7S. The fourth-order valence-corrected chi connectivity index (χ4v) is 5.96. The number of methoxy groups -OCH3 is 2. The number of ether oxygens (including phenoxy) is 3. The van der Waals surface area contributed by atoms with Crippen molar-refractivity contribution in [3.63, 3.8) is 0 Å². The first-order valence-corrected chi connectivity index (χ1v) is 16.0. The van der Waals surface area contributed by atoms with Crippen molar-refractivity contribution < 1.29 is 32.2 Å². The molecule has 2 atom stereocenters. The molecule has 0 heterocycles. The minimum Gasteiger partial charge on any atom is -0.494 e. The van der Waals surface area contributed by atoms with Crippen molar-refractivity contribution in [3.8, 4) is 17.2 Å². The molecule has 0 spiro atoms. The number of amides is 2. The molecule has 238 valence electrons. The molecule has 10 nitrogen and oxygen atoms in total. The highest BCUT2D eigenvalue weighted by atomic mass is 32.2. The number of benzene rings is 3. The van der Waals surface area contributed by atoms with Crippen LogP contribution in [-0.4, -0.2) is 64.6 Å². The van der Waals surface area contributed by atoms with E-state index in [0.29, 0.717) is 18.1 Å². The fourth-order valence-electron chi connectivity index (χ4n) is 4.53. The van der Waals surface area contributed by atoms with Crippen LogP contribution in [0, 0.1) is 6.92 Å². The summed E-state index contributed by atoms with van der Waals surface area (Å²) in [5.74, 6) is 0.279. The summed E-state index contributed by atoms with van der Waals surface area (Å²) in [6.07, 6.45) is 0.722. The first-order valence-electron chi connectivity index (χ1n) is 14.6. The van der Waals surface area contributed by atoms with Crippen LogP contribution in [0.1, 0.15) is 45.2 Å². The van der Waals surface area contributed by atoms with Crippen LogP contribution in [0.2, 0.25) is 0 Å². The van der Waals surface area contributed by atoms with E-state index in [0.717, 1.165) is 21.9 Å². The highest BCUT2D eigenvalue weighted by molar-refractivity contribution is 7.92. The fraction of sp³-hybridized carbons (Fsp3) is 0.394. The number of hydrogen-bond acceptors (Lipinski definition) is 7. The molecule has 44 heavy (non-hydrogen) atoms. The molecule has 0 fully saturated rings. The van der Waals surface area contributed by atoms with Crippen molar-refractivity contribution in [1.29, 1.82) is 0 Å². The summed E-state index contributed by atoms with van der Waals surface area (Å²) in [4.78, 5) is 28.8. The number of aryl methyl sites for hydroxylation is 1. The number of hydrogen-bond donors (Lipinski definition) is 1. The Morgan fingerprint density at radius 2 is 1.57 bits per heavy atom. The van der Waals surface area contributed by atoms with Gasteiger partial charge in [0.15, 0.2) is 11.5 Å². The first kappa shape index (κ1) is 34.2. The molecule has 3 aromatic carbocycles. The summed E-state index contributed by atoms with van der Waals surface area (Å²) in [5, 5.41) is 2.94. The molecule has 0 aromatic heterocycles. The third-order valence-corrected chi connectivity index (χ3v) is 9.20. The molecule has 3 rings (SSSR count). The molecule has 3 aromatic rings. The van der Waals surface area contributed by atoms with Crippen molar-refractivity contribution in [1.82, 2.24) is 10.2 Å². The van der Waals surface area contributed by atoms with Crippen LogP contribution in [0.5, 0.6) is 17.2 Å². The first-order chi connectivity index (χ1) is 21.0. The predicted molar refractivity (Wildman–Crippen MR) is 171 cm³/mol. The van der Waals surface area contributed by atoms with Crippen LogP contribution in [0.3, 0.4) is 0 Å². The van der Waals surface area contributed by atoms with Gasteiger partial charge >= 0.3 is 0 Å². The lowest BCUT2D eigenvalue weighted by Crippen LogP contribution is -2.52. The van der Waals surface area contributed by atoms with E-state index in [1.54, 1.807) is 31.2 Å². The van der Waals surface area contributed by atoms with Crippen molar-refractivity contribution in [3.05, 3.63) is 77.9 Å². The second-order valence-corrected chi connectivity index (χ2v) is 12.3. The molecule has 0 aliphatic rings. The molecule has 0 aliphatic carbocycles. The molecule has 2 amide bonds. The summed E-state index contributed by atoms with van der Waals surface area (Å²) < 4.78 is 45.7. The lowest BCUT2D eigenvalue weighted by molar-refractivity contribution is -0.139. The van der Waals surface area contributed by atoms with Gasteiger partial charge in [-0.25, -0.2) is 8.42 Å². The Labute approximate surface area is 261 Å². The van der Waals surface area contributed by atoms with Crippen LogP contribution in [0.4, 0.5) is 5.69 Å². The van der Waals surface area contributed by atoms with E-state index in [1.807, 2.05) is 52.0 Å². The molecule has 0 aliphatic heterocycles. The van der Waals surface area contributed by atoms with Crippen LogP contribution in [0.15, 0.2) is 71.6 Å². The smallest absolute Gasteiger partial charge is 0.264 e. The normalized spacial score (nSPS) is 12.5. The minimum atomic E-state index is -4.31. The predicted octanol–water partition coefficient (Wildman–Crippen LogP) is 4.94. The topological polar surface area (TPSA) is 114 Å². The van der Waals surface area contributed by atoms with Crippen LogP contribution in [-0.2, 0) is 26.2 Å². The van der Waals surface area contributed by atoms with Gasteiger partial charge in [0.1, 0.15) is 18.3 Å². The van der Waals surface area contributed by atoms with E-state index < -0.39 is 28.5 Å². The molecule has 0 saturated heterocycles. The lowest BCUT2D eigenvalue weighted by Gasteiger charge is -2.33. The van der Waals surface area contributed by atoms with Crippen molar-refractivity contribution >= 4 is 27.5 Å².